The normalized spacial score (nSPS) is 12.2. The van der Waals surface area contributed by atoms with Crippen molar-refractivity contribution in [1.82, 2.24) is 10.1 Å². The molecule has 0 aliphatic heterocycles. The summed E-state index contributed by atoms with van der Waals surface area (Å²) in [5.74, 6) is 0.428. The molecule has 1 aromatic carbocycles. The third-order valence-corrected chi connectivity index (χ3v) is 3.44. The highest BCUT2D eigenvalue weighted by Gasteiger charge is 2.19. The summed E-state index contributed by atoms with van der Waals surface area (Å²) in [5.41, 5.74) is 0.703. The van der Waals surface area contributed by atoms with Gasteiger partial charge >= 0.3 is 0 Å². The fourth-order valence-corrected chi connectivity index (χ4v) is 1.88. The quantitative estimate of drug-likeness (QED) is 0.848. The van der Waals surface area contributed by atoms with E-state index in [1.165, 1.54) is 12.1 Å². The van der Waals surface area contributed by atoms with Crippen molar-refractivity contribution in [1.29, 1.82) is 0 Å². The summed E-state index contributed by atoms with van der Waals surface area (Å²) >= 11 is 0. The number of hydrogen-bond donors (Lipinski definition) is 1. The molecule has 0 saturated heterocycles. The highest BCUT2D eigenvalue weighted by molar-refractivity contribution is 5.93. The number of aromatic nitrogens is 1. The van der Waals surface area contributed by atoms with E-state index in [2.05, 4.69) is 10.5 Å². The molecule has 2 rings (SSSR count). The average molecular weight is 321 g/mol. The Hall–Kier alpha value is -2.41. The van der Waals surface area contributed by atoms with Gasteiger partial charge in [0, 0.05) is 12.6 Å². The second-order valence-electron chi connectivity index (χ2n) is 5.28. The Morgan fingerprint density at radius 2 is 2.13 bits per heavy atom. The number of aryl methyl sites for hydroxylation is 1. The van der Waals surface area contributed by atoms with Crippen LogP contribution in [-0.4, -0.2) is 42.2 Å². The number of anilines is 1. The molecule has 1 N–H and O–H groups in total. The van der Waals surface area contributed by atoms with Crippen molar-refractivity contribution in [3.8, 4) is 5.75 Å². The number of hydrogen-bond acceptors (Lipinski definition) is 5. The van der Waals surface area contributed by atoms with Gasteiger partial charge in [-0.2, -0.15) is 0 Å². The fraction of sp³-hybridized carbons (Fsp3) is 0.375. The summed E-state index contributed by atoms with van der Waals surface area (Å²) in [7, 11) is 1.82. The first-order valence-corrected chi connectivity index (χ1v) is 7.28. The first-order chi connectivity index (χ1) is 11.0. The van der Waals surface area contributed by atoms with E-state index in [9.17, 15) is 9.18 Å². The maximum absolute atomic E-state index is 12.8. The van der Waals surface area contributed by atoms with E-state index in [0.717, 1.165) is 0 Å². The highest BCUT2D eigenvalue weighted by Crippen LogP contribution is 2.12. The molecule has 0 aliphatic carbocycles. The molecule has 0 saturated carbocycles. The molecule has 7 heteroatoms. The van der Waals surface area contributed by atoms with Gasteiger partial charge in [0.15, 0.2) is 0 Å². The van der Waals surface area contributed by atoms with Gasteiger partial charge < -0.3 is 9.26 Å². The van der Waals surface area contributed by atoms with Crippen molar-refractivity contribution in [3.63, 3.8) is 0 Å². The van der Waals surface area contributed by atoms with Gasteiger partial charge in [0.1, 0.15) is 18.2 Å². The molecular formula is C16H20FN3O3. The van der Waals surface area contributed by atoms with E-state index < -0.39 is 0 Å². The second-order valence-corrected chi connectivity index (χ2v) is 5.28. The Kier molecular flexibility index (Phi) is 5.70. The Morgan fingerprint density at radius 3 is 2.74 bits per heavy atom. The molecule has 0 bridgehead atoms. The average Bonchev–Trinajstić information content (AvgIpc) is 2.93. The Morgan fingerprint density at radius 1 is 1.43 bits per heavy atom. The lowest BCUT2D eigenvalue weighted by molar-refractivity contribution is -0.120. The molecule has 1 aromatic heterocycles. The first-order valence-electron chi connectivity index (χ1n) is 7.28. The maximum Gasteiger partial charge on any atom is 0.243 e. The van der Waals surface area contributed by atoms with Gasteiger partial charge in [-0.1, -0.05) is 5.16 Å². The lowest BCUT2D eigenvalue weighted by Crippen LogP contribution is -2.41. The summed E-state index contributed by atoms with van der Waals surface area (Å²) in [5, 5.41) is 6.38. The van der Waals surface area contributed by atoms with Gasteiger partial charge in [-0.25, -0.2) is 4.39 Å². The molecule has 23 heavy (non-hydrogen) atoms. The first kappa shape index (κ1) is 17.0. The molecule has 0 aliphatic rings. The summed E-state index contributed by atoms with van der Waals surface area (Å²) in [4.78, 5) is 14.0. The minimum absolute atomic E-state index is 0.189. The molecule has 2 aromatic rings. The van der Waals surface area contributed by atoms with Crippen LogP contribution in [0, 0.1) is 12.7 Å². The van der Waals surface area contributed by atoms with Crippen LogP contribution in [0.1, 0.15) is 12.6 Å². The van der Waals surface area contributed by atoms with Crippen molar-refractivity contribution in [2.75, 3.05) is 25.5 Å². The molecule has 1 atom stereocenters. The van der Waals surface area contributed by atoms with E-state index in [1.807, 2.05) is 11.9 Å². The Bertz CT molecular complexity index is 642. The van der Waals surface area contributed by atoms with Crippen LogP contribution >= 0.6 is 0 Å². The minimum Gasteiger partial charge on any atom is -0.492 e. The third kappa shape index (κ3) is 5.07. The molecular weight excluding hydrogens is 301 g/mol. The number of halogens is 1. The van der Waals surface area contributed by atoms with Gasteiger partial charge in [0.2, 0.25) is 11.8 Å². The molecule has 1 heterocycles. The number of carbonyl (C=O) groups excluding carboxylic acids is 1. The zero-order valence-electron chi connectivity index (χ0n) is 13.4. The molecule has 124 valence electrons. The van der Waals surface area contributed by atoms with Crippen molar-refractivity contribution >= 4 is 11.8 Å². The number of nitrogens with one attached hydrogen (secondary N) is 1. The van der Waals surface area contributed by atoms with Gasteiger partial charge in [0.25, 0.3) is 0 Å². The highest BCUT2D eigenvalue weighted by atomic mass is 19.1. The van der Waals surface area contributed by atoms with Gasteiger partial charge in [-0.15, -0.1) is 0 Å². The maximum atomic E-state index is 12.8. The number of rotatable bonds is 7. The Labute approximate surface area is 134 Å². The third-order valence-electron chi connectivity index (χ3n) is 3.44. The largest absolute Gasteiger partial charge is 0.492 e. The van der Waals surface area contributed by atoms with E-state index in [0.29, 0.717) is 30.5 Å². The van der Waals surface area contributed by atoms with E-state index in [1.54, 1.807) is 32.0 Å². The molecule has 0 unspecified atom stereocenters. The van der Waals surface area contributed by atoms with Crippen LogP contribution in [0.25, 0.3) is 0 Å². The van der Waals surface area contributed by atoms with Crippen LogP contribution < -0.4 is 10.1 Å². The van der Waals surface area contributed by atoms with Crippen molar-refractivity contribution in [2.45, 2.75) is 19.9 Å². The number of ether oxygens (including phenoxy) is 1. The molecule has 0 fully saturated rings. The van der Waals surface area contributed by atoms with Gasteiger partial charge in [0.05, 0.1) is 11.7 Å². The second kappa shape index (κ2) is 7.73. The van der Waals surface area contributed by atoms with Crippen LogP contribution in [-0.2, 0) is 4.79 Å². The smallest absolute Gasteiger partial charge is 0.243 e. The molecule has 0 radical (unpaired) electrons. The number of likely N-dealkylation sites (N-methyl/N-ethyl adjacent to an activating group) is 1. The molecule has 1 amide bonds. The van der Waals surface area contributed by atoms with Crippen molar-refractivity contribution < 1.29 is 18.4 Å². The van der Waals surface area contributed by atoms with Gasteiger partial charge in [-0.05, 0) is 45.2 Å². The van der Waals surface area contributed by atoms with Crippen molar-refractivity contribution in [3.05, 3.63) is 41.8 Å². The zero-order valence-corrected chi connectivity index (χ0v) is 13.4. The number of amides is 1. The SMILES string of the molecule is Cc1cc(NC(=O)[C@@H](C)N(C)CCOc2ccc(F)cc2)on1. The fourth-order valence-electron chi connectivity index (χ4n) is 1.88. The van der Waals surface area contributed by atoms with Crippen LogP contribution in [0.3, 0.4) is 0 Å². The van der Waals surface area contributed by atoms with Crippen LogP contribution in [0.4, 0.5) is 10.3 Å². The van der Waals surface area contributed by atoms with E-state index in [-0.39, 0.29) is 17.8 Å². The number of nitrogens with zero attached hydrogens (tertiary/aromatic N) is 2. The van der Waals surface area contributed by atoms with Crippen LogP contribution in [0.5, 0.6) is 5.75 Å². The van der Waals surface area contributed by atoms with E-state index >= 15 is 0 Å². The van der Waals surface area contributed by atoms with Crippen LogP contribution in [0.15, 0.2) is 34.9 Å². The topological polar surface area (TPSA) is 67.6 Å². The standard InChI is InChI=1S/C16H20FN3O3/c1-11-10-15(23-19-11)18-16(21)12(2)20(3)8-9-22-14-6-4-13(17)5-7-14/h4-7,10,12H,8-9H2,1-3H3,(H,18,21)/t12-/m1/s1. The number of carbonyl (C=O) groups is 1. The lowest BCUT2D eigenvalue weighted by atomic mass is 10.2. The van der Waals surface area contributed by atoms with Crippen LogP contribution in [0.2, 0.25) is 0 Å². The summed E-state index contributed by atoms with van der Waals surface area (Å²) in [6.45, 7) is 4.50. The summed E-state index contributed by atoms with van der Waals surface area (Å²) < 4.78 is 23.3. The predicted molar refractivity (Wildman–Crippen MR) is 83.9 cm³/mol. The van der Waals surface area contributed by atoms with Gasteiger partial charge in [-0.3, -0.25) is 15.0 Å². The number of benzene rings is 1. The lowest BCUT2D eigenvalue weighted by Gasteiger charge is -2.23. The molecule has 0 spiro atoms. The van der Waals surface area contributed by atoms with E-state index in [4.69, 9.17) is 9.26 Å². The minimum atomic E-state index is -0.364. The zero-order chi connectivity index (χ0) is 16.8. The predicted octanol–water partition coefficient (Wildman–Crippen LogP) is 2.46. The summed E-state index contributed by atoms with van der Waals surface area (Å²) in [6, 6.07) is 7.11. The summed E-state index contributed by atoms with van der Waals surface area (Å²) in [6.07, 6.45) is 0. The molecule has 6 nitrogen and oxygen atoms in total. The Balaban J connectivity index is 1.76. The van der Waals surface area contributed by atoms with Crippen molar-refractivity contribution in [2.24, 2.45) is 0 Å². The monoisotopic (exact) mass is 321 g/mol.